The van der Waals surface area contributed by atoms with Gasteiger partial charge in [0.25, 0.3) is 0 Å². The molecule has 83 valence electrons. The number of rotatable bonds is 3. The fourth-order valence-electron chi connectivity index (χ4n) is 0.760. The predicted octanol–water partition coefficient (Wildman–Crippen LogP) is 1.91. The first-order valence-corrected chi connectivity index (χ1v) is 4.74. The maximum absolute atomic E-state index is 7.82. The van der Waals surface area contributed by atoms with Gasteiger partial charge in [0.1, 0.15) is 0 Å². The van der Waals surface area contributed by atoms with Gasteiger partial charge < -0.3 is 10.1 Å². The van der Waals surface area contributed by atoms with Crippen LogP contribution in [0.25, 0.3) is 5.32 Å². The second kappa shape index (κ2) is 13.9. The van der Waals surface area contributed by atoms with Crippen LogP contribution >= 0.6 is 0 Å². The minimum absolute atomic E-state index is 0. The monoisotopic (exact) mass is 279 g/mol. The van der Waals surface area contributed by atoms with Gasteiger partial charge in [-0.3, -0.25) is 5.26 Å². The van der Waals surface area contributed by atoms with Crippen molar-refractivity contribution in [2.75, 3.05) is 32.9 Å². The van der Waals surface area contributed by atoms with Gasteiger partial charge in [-0.2, -0.15) is 0 Å². The van der Waals surface area contributed by atoms with E-state index in [1.807, 2.05) is 0 Å². The summed E-state index contributed by atoms with van der Waals surface area (Å²) in [7, 11) is 0. The molecule has 0 saturated carbocycles. The van der Waals surface area contributed by atoms with Crippen molar-refractivity contribution in [1.82, 2.24) is 0 Å². The number of nitrogens with zero attached hydrogens (tertiary/aromatic N) is 1. The quantitative estimate of drug-likeness (QED) is 0.634. The number of ether oxygens (including phenoxy) is 1. The van der Waals surface area contributed by atoms with E-state index in [4.69, 9.17) is 9.99 Å². The first-order valence-electron chi connectivity index (χ1n) is 4.74. The molecule has 0 amide bonds. The second-order valence-corrected chi connectivity index (χ2v) is 3.30. The normalized spacial score (nSPS) is 15.4. The van der Waals surface area contributed by atoms with Crippen molar-refractivity contribution >= 4 is 0 Å². The van der Waals surface area contributed by atoms with Gasteiger partial charge in [-0.1, -0.05) is 13.8 Å². The Labute approximate surface area is 112 Å². The van der Waals surface area contributed by atoms with E-state index in [2.05, 4.69) is 24.1 Å². The number of hydrogen-bond donors (Lipinski definition) is 1. The van der Waals surface area contributed by atoms with Crippen molar-refractivity contribution < 1.29 is 47.6 Å². The van der Waals surface area contributed by atoms with Crippen LogP contribution in [0.3, 0.4) is 0 Å². The van der Waals surface area contributed by atoms with E-state index >= 15 is 0 Å². The number of morpholine rings is 1. The van der Waals surface area contributed by atoms with Gasteiger partial charge in [0, 0.05) is 45.9 Å². The molecule has 1 N–H and O–H groups in total. The Bertz CT molecular complexity index is 88.5. The zero-order chi connectivity index (χ0) is 9.94. The third-order valence-corrected chi connectivity index (χ3v) is 1.57. The standard InChI is InChI=1S/C5H12O2.C4H8NO.Y/c1-5(2)3-4-7-6;1-3-6-4-2-5-1;/h5-6H,3-4H2,1-2H3;1-4H2;/q;-1;. The Balaban J connectivity index is 0. The van der Waals surface area contributed by atoms with Gasteiger partial charge in [-0.15, -0.1) is 13.1 Å². The maximum atomic E-state index is 7.82. The molecule has 1 rings (SSSR count). The van der Waals surface area contributed by atoms with Crippen molar-refractivity contribution in [1.29, 1.82) is 0 Å². The largest absolute Gasteiger partial charge is 0.659 e. The third-order valence-electron chi connectivity index (χ3n) is 1.57. The van der Waals surface area contributed by atoms with Crippen LogP contribution < -0.4 is 0 Å². The van der Waals surface area contributed by atoms with E-state index < -0.39 is 0 Å². The Morgan fingerprint density at radius 1 is 1.36 bits per heavy atom. The van der Waals surface area contributed by atoms with Gasteiger partial charge in [0.2, 0.25) is 0 Å². The SMILES string of the molecule is C1COCC[N-]1.CC(C)CCOO.[Y]. The van der Waals surface area contributed by atoms with Crippen LogP contribution in [-0.2, 0) is 42.3 Å². The molecule has 1 fully saturated rings. The summed E-state index contributed by atoms with van der Waals surface area (Å²) >= 11 is 0. The molecule has 1 radical (unpaired) electrons. The van der Waals surface area contributed by atoms with Gasteiger partial charge in [0.15, 0.2) is 0 Å². The molecule has 1 aliphatic rings. The van der Waals surface area contributed by atoms with E-state index in [0.29, 0.717) is 12.5 Å². The molecular formula is C9H20NO3Y-. The second-order valence-electron chi connectivity index (χ2n) is 3.30. The van der Waals surface area contributed by atoms with Crippen molar-refractivity contribution in [3.8, 4) is 0 Å². The van der Waals surface area contributed by atoms with Gasteiger partial charge in [-0.05, 0) is 12.3 Å². The van der Waals surface area contributed by atoms with Gasteiger partial charge in [0.05, 0.1) is 6.61 Å². The van der Waals surface area contributed by atoms with E-state index in [-0.39, 0.29) is 32.7 Å². The van der Waals surface area contributed by atoms with E-state index in [0.717, 1.165) is 32.7 Å². The molecule has 0 aromatic rings. The average Bonchev–Trinajstić information content (AvgIpc) is 2.18. The Kier molecular flexibility index (Phi) is 17.3. The summed E-state index contributed by atoms with van der Waals surface area (Å²) in [5.41, 5.74) is 0. The van der Waals surface area contributed by atoms with Crippen molar-refractivity contribution in [2.24, 2.45) is 5.92 Å². The molecule has 14 heavy (non-hydrogen) atoms. The fraction of sp³-hybridized carbons (Fsp3) is 1.00. The molecule has 4 nitrogen and oxygen atoms in total. The zero-order valence-electron chi connectivity index (χ0n) is 9.11. The molecule has 0 aromatic carbocycles. The molecule has 5 heteroatoms. The van der Waals surface area contributed by atoms with Gasteiger partial charge in [-0.25, -0.2) is 4.89 Å². The summed E-state index contributed by atoms with van der Waals surface area (Å²) in [4.78, 5) is 3.85. The topological polar surface area (TPSA) is 52.8 Å². The molecule has 0 bridgehead atoms. The van der Waals surface area contributed by atoms with Crippen LogP contribution in [0, 0.1) is 5.92 Å². The van der Waals surface area contributed by atoms with Crippen LogP contribution in [0.4, 0.5) is 0 Å². The van der Waals surface area contributed by atoms with Crippen LogP contribution in [-0.4, -0.2) is 38.2 Å². The summed E-state index contributed by atoms with van der Waals surface area (Å²) in [6.45, 7) is 8.09. The summed E-state index contributed by atoms with van der Waals surface area (Å²) < 4.78 is 4.98. The van der Waals surface area contributed by atoms with Crippen LogP contribution in [0.2, 0.25) is 0 Å². The minimum atomic E-state index is 0. The van der Waals surface area contributed by atoms with E-state index in [9.17, 15) is 0 Å². The van der Waals surface area contributed by atoms with Crippen molar-refractivity contribution in [3.05, 3.63) is 5.32 Å². The van der Waals surface area contributed by atoms with Crippen LogP contribution in [0.15, 0.2) is 0 Å². The summed E-state index contributed by atoms with van der Waals surface area (Å²) in [6.07, 6.45) is 0.927. The molecule has 1 aliphatic heterocycles. The first kappa shape index (κ1) is 17.3. The van der Waals surface area contributed by atoms with Crippen molar-refractivity contribution in [3.63, 3.8) is 0 Å². The minimum Gasteiger partial charge on any atom is -0.659 e. The number of hydrogen-bond acceptors (Lipinski definition) is 3. The summed E-state index contributed by atoms with van der Waals surface area (Å²) in [5.74, 6) is 0.618. The third kappa shape index (κ3) is 15.4. The van der Waals surface area contributed by atoms with Crippen molar-refractivity contribution in [2.45, 2.75) is 20.3 Å². The molecule has 0 aromatic heterocycles. The molecule has 1 saturated heterocycles. The van der Waals surface area contributed by atoms with Gasteiger partial charge >= 0.3 is 0 Å². The molecular weight excluding hydrogens is 259 g/mol. The smallest absolute Gasteiger partial charge is 0.0822 e. The van der Waals surface area contributed by atoms with E-state index in [1.54, 1.807) is 0 Å². The Morgan fingerprint density at radius 2 is 1.93 bits per heavy atom. The molecule has 0 unspecified atom stereocenters. The first-order chi connectivity index (χ1) is 6.27. The summed E-state index contributed by atoms with van der Waals surface area (Å²) in [5, 5.41) is 11.9. The maximum Gasteiger partial charge on any atom is 0.0822 e. The molecule has 0 atom stereocenters. The van der Waals surface area contributed by atoms with Crippen LogP contribution in [0.5, 0.6) is 0 Å². The Morgan fingerprint density at radius 3 is 2.07 bits per heavy atom. The molecule has 0 spiro atoms. The molecule has 0 aliphatic carbocycles. The summed E-state index contributed by atoms with van der Waals surface area (Å²) in [6, 6.07) is 0. The average molecular weight is 279 g/mol. The molecule has 1 heterocycles. The van der Waals surface area contributed by atoms with E-state index in [1.165, 1.54) is 0 Å². The predicted molar refractivity (Wildman–Crippen MR) is 51.9 cm³/mol. The zero-order valence-corrected chi connectivity index (χ0v) is 11.9. The van der Waals surface area contributed by atoms with Crippen LogP contribution in [0.1, 0.15) is 20.3 Å². The fourth-order valence-corrected chi connectivity index (χ4v) is 0.760. The Hall–Kier alpha value is 0.944.